The van der Waals surface area contributed by atoms with Crippen molar-refractivity contribution >= 4 is 0 Å². The molecule has 2 aliphatic rings. The van der Waals surface area contributed by atoms with E-state index in [0.29, 0.717) is 12.3 Å². The summed E-state index contributed by atoms with van der Waals surface area (Å²) in [6.07, 6.45) is 5.01. The molecule has 0 radical (unpaired) electrons. The van der Waals surface area contributed by atoms with Crippen LogP contribution in [0, 0.1) is 5.92 Å². The van der Waals surface area contributed by atoms with Gasteiger partial charge in [-0.25, -0.2) is 0 Å². The van der Waals surface area contributed by atoms with E-state index in [0.717, 1.165) is 36.5 Å². The third kappa shape index (κ3) is 2.61. The van der Waals surface area contributed by atoms with Crippen LogP contribution in [0.25, 0.3) is 0 Å². The van der Waals surface area contributed by atoms with Gasteiger partial charge in [0.1, 0.15) is 0 Å². The van der Waals surface area contributed by atoms with Crippen molar-refractivity contribution < 1.29 is 14.6 Å². The molecule has 0 aliphatic heterocycles. The van der Waals surface area contributed by atoms with Crippen LogP contribution in [0.2, 0.25) is 0 Å². The summed E-state index contributed by atoms with van der Waals surface area (Å²) >= 11 is 0. The highest BCUT2D eigenvalue weighted by Gasteiger charge is 2.41. The normalized spacial score (nSPS) is 20.6. The Labute approximate surface area is 108 Å². The Morgan fingerprint density at radius 2 is 2.11 bits per heavy atom. The molecule has 0 unspecified atom stereocenters. The van der Waals surface area contributed by atoms with Gasteiger partial charge in [0.25, 0.3) is 0 Å². The molecule has 2 aliphatic carbocycles. The first kappa shape index (κ1) is 11.8. The van der Waals surface area contributed by atoms with E-state index in [2.05, 4.69) is 0 Å². The molecule has 3 heteroatoms. The molecule has 3 rings (SSSR count). The second kappa shape index (κ2) is 4.47. The Morgan fingerprint density at radius 1 is 1.33 bits per heavy atom. The predicted octanol–water partition coefficient (Wildman–Crippen LogP) is 2.55. The number of para-hydroxylation sites is 1. The third-order valence-electron chi connectivity index (χ3n) is 3.79. The molecule has 0 saturated heterocycles. The maximum Gasteiger partial charge on any atom is 0.164 e. The van der Waals surface area contributed by atoms with Gasteiger partial charge >= 0.3 is 0 Å². The van der Waals surface area contributed by atoms with Crippen LogP contribution in [0.5, 0.6) is 11.5 Å². The minimum Gasteiger partial charge on any atom is -0.493 e. The molecule has 3 nitrogen and oxygen atoms in total. The second-order valence-electron chi connectivity index (χ2n) is 5.60. The average Bonchev–Trinajstić information content (AvgIpc) is 3.26. The summed E-state index contributed by atoms with van der Waals surface area (Å²) in [4.78, 5) is 0. The maximum absolute atomic E-state index is 10.1. The van der Waals surface area contributed by atoms with Crippen LogP contribution in [0.4, 0.5) is 0 Å². The highest BCUT2D eigenvalue weighted by Crippen LogP contribution is 2.42. The van der Waals surface area contributed by atoms with E-state index in [1.165, 1.54) is 12.8 Å². The van der Waals surface area contributed by atoms with E-state index in [-0.39, 0.29) is 0 Å². The van der Waals surface area contributed by atoms with Gasteiger partial charge < -0.3 is 14.6 Å². The van der Waals surface area contributed by atoms with Crippen molar-refractivity contribution in [3.05, 3.63) is 23.8 Å². The zero-order chi connectivity index (χ0) is 12.6. The van der Waals surface area contributed by atoms with Crippen LogP contribution in [0.15, 0.2) is 18.2 Å². The quantitative estimate of drug-likeness (QED) is 0.841. The Kier molecular flexibility index (Phi) is 2.94. The smallest absolute Gasteiger partial charge is 0.164 e. The summed E-state index contributed by atoms with van der Waals surface area (Å²) in [6.45, 7) is 0.770. The summed E-state index contributed by atoms with van der Waals surface area (Å²) in [5.74, 6) is 2.32. The minimum absolute atomic E-state index is 0.496. The first-order valence-corrected chi connectivity index (χ1v) is 6.71. The van der Waals surface area contributed by atoms with Crippen molar-refractivity contribution in [1.82, 2.24) is 0 Å². The van der Waals surface area contributed by atoms with Gasteiger partial charge in [0.2, 0.25) is 0 Å². The molecule has 0 heterocycles. The van der Waals surface area contributed by atoms with Crippen molar-refractivity contribution in [3.63, 3.8) is 0 Å². The molecular weight excluding hydrogens is 228 g/mol. The number of hydrogen-bond acceptors (Lipinski definition) is 3. The van der Waals surface area contributed by atoms with E-state index >= 15 is 0 Å². The summed E-state index contributed by atoms with van der Waals surface area (Å²) in [5.41, 5.74) is 0.569. The number of aliphatic hydroxyl groups is 1. The Hall–Kier alpha value is -1.22. The predicted molar refractivity (Wildman–Crippen MR) is 69.1 cm³/mol. The average molecular weight is 248 g/mol. The standard InChI is InChI=1S/C15H20O3/c1-17-13-4-2-3-12(9-15(16)7-8-15)14(13)18-10-11-5-6-11/h2-4,11,16H,5-10H2,1H3. The first-order valence-electron chi connectivity index (χ1n) is 6.71. The van der Waals surface area contributed by atoms with Crippen molar-refractivity contribution in [1.29, 1.82) is 0 Å². The lowest BCUT2D eigenvalue weighted by molar-refractivity contribution is 0.149. The van der Waals surface area contributed by atoms with Crippen LogP contribution in [0.1, 0.15) is 31.2 Å². The Bertz CT molecular complexity index is 433. The molecule has 1 aromatic carbocycles. The van der Waals surface area contributed by atoms with E-state index < -0.39 is 5.60 Å². The Balaban J connectivity index is 1.80. The zero-order valence-corrected chi connectivity index (χ0v) is 10.8. The van der Waals surface area contributed by atoms with Crippen LogP contribution >= 0.6 is 0 Å². The van der Waals surface area contributed by atoms with Gasteiger partial charge in [0, 0.05) is 12.0 Å². The molecule has 1 aromatic rings. The summed E-state index contributed by atoms with van der Waals surface area (Å²) in [6, 6.07) is 5.91. The highest BCUT2D eigenvalue weighted by atomic mass is 16.5. The minimum atomic E-state index is -0.496. The van der Waals surface area contributed by atoms with E-state index in [1.807, 2.05) is 18.2 Å². The molecule has 0 aromatic heterocycles. The summed E-state index contributed by atoms with van der Waals surface area (Å²) in [5, 5.41) is 10.1. The lowest BCUT2D eigenvalue weighted by Crippen LogP contribution is -2.13. The van der Waals surface area contributed by atoms with Crippen LogP contribution in [0.3, 0.4) is 0 Å². The van der Waals surface area contributed by atoms with E-state index in [1.54, 1.807) is 7.11 Å². The van der Waals surface area contributed by atoms with Gasteiger partial charge in [-0.05, 0) is 37.7 Å². The summed E-state index contributed by atoms with van der Waals surface area (Å²) < 4.78 is 11.3. The molecule has 0 atom stereocenters. The van der Waals surface area contributed by atoms with Crippen molar-refractivity contribution in [3.8, 4) is 11.5 Å². The number of hydrogen-bond donors (Lipinski definition) is 1. The van der Waals surface area contributed by atoms with Gasteiger partial charge in [-0.15, -0.1) is 0 Å². The molecule has 2 fully saturated rings. The number of ether oxygens (including phenoxy) is 2. The zero-order valence-electron chi connectivity index (χ0n) is 10.8. The van der Waals surface area contributed by atoms with E-state index in [9.17, 15) is 5.11 Å². The summed E-state index contributed by atoms with van der Waals surface area (Å²) in [7, 11) is 1.66. The van der Waals surface area contributed by atoms with Gasteiger partial charge in [-0.1, -0.05) is 12.1 Å². The SMILES string of the molecule is COc1cccc(CC2(O)CC2)c1OCC1CC1. The monoisotopic (exact) mass is 248 g/mol. The number of rotatable bonds is 6. The fourth-order valence-electron chi connectivity index (χ4n) is 2.19. The second-order valence-corrected chi connectivity index (χ2v) is 5.60. The molecule has 0 amide bonds. The molecule has 1 N–H and O–H groups in total. The van der Waals surface area contributed by atoms with Crippen LogP contribution in [-0.2, 0) is 6.42 Å². The highest BCUT2D eigenvalue weighted by molar-refractivity contribution is 5.47. The van der Waals surface area contributed by atoms with Crippen molar-refractivity contribution in [2.75, 3.05) is 13.7 Å². The maximum atomic E-state index is 10.1. The van der Waals surface area contributed by atoms with Crippen LogP contribution in [-0.4, -0.2) is 24.4 Å². The van der Waals surface area contributed by atoms with E-state index in [4.69, 9.17) is 9.47 Å². The lowest BCUT2D eigenvalue weighted by atomic mass is 10.0. The molecule has 0 bridgehead atoms. The topological polar surface area (TPSA) is 38.7 Å². The third-order valence-corrected chi connectivity index (χ3v) is 3.79. The molecule has 2 saturated carbocycles. The lowest BCUT2D eigenvalue weighted by Gasteiger charge is -2.16. The largest absolute Gasteiger partial charge is 0.493 e. The fourth-order valence-corrected chi connectivity index (χ4v) is 2.19. The van der Waals surface area contributed by atoms with Gasteiger partial charge in [0.15, 0.2) is 11.5 Å². The van der Waals surface area contributed by atoms with Crippen molar-refractivity contribution in [2.24, 2.45) is 5.92 Å². The van der Waals surface area contributed by atoms with Gasteiger partial charge in [0.05, 0.1) is 19.3 Å². The van der Waals surface area contributed by atoms with Crippen LogP contribution < -0.4 is 9.47 Å². The fraction of sp³-hybridized carbons (Fsp3) is 0.600. The molecule has 18 heavy (non-hydrogen) atoms. The molecule has 98 valence electrons. The van der Waals surface area contributed by atoms with Crippen molar-refractivity contribution in [2.45, 2.75) is 37.7 Å². The Morgan fingerprint density at radius 3 is 2.72 bits per heavy atom. The number of benzene rings is 1. The van der Waals surface area contributed by atoms with Gasteiger partial charge in [-0.3, -0.25) is 0 Å². The molecular formula is C15H20O3. The van der Waals surface area contributed by atoms with Gasteiger partial charge in [-0.2, -0.15) is 0 Å². The number of methoxy groups -OCH3 is 1. The first-order chi connectivity index (χ1) is 8.70. The molecule has 0 spiro atoms.